The van der Waals surface area contributed by atoms with Gasteiger partial charge in [-0.3, -0.25) is 14.4 Å². The van der Waals surface area contributed by atoms with Crippen LogP contribution in [-0.2, 0) is 19.1 Å². The van der Waals surface area contributed by atoms with Gasteiger partial charge in [0, 0.05) is 24.4 Å². The SMILES string of the molecule is CCC(=O)N1CCCC(C(=O)OCC(=O)NC(c2ccc(F)cc2)c2cccs2)C1. The van der Waals surface area contributed by atoms with E-state index in [9.17, 15) is 18.8 Å². The summed E-state index contributed by atoms with van der Waals surface area (Å²) in [7, 11) is 0. The quantitative estimate of drug-likeness (QED) is 0.682. The van der Waals surface area contributed by atoms with Gasteiger partial charge in [-0.05, 0) is 42.0 Å². The Morgan fingerprint density at radius 2 is 2.03 bits per heavy atom. The number of ether oxygens (including phenoxy) is 1. The highest BCUT2D eigenvalue weighted by Crippen LogP contribution is 2.26. The van der Waals surface area contributed by atoms with E-state index >= 15 is 0 Å². The Bertz CT molecular complexity index is 870. The molecule has 0 aliphatic carbocycles. The van der Waals surface area contributed by atoms with Crippen LogP contribution < -0.4 is 5.32 Å². The van der Waals surface area contributed by atoms with E-state index in [-0.39, 0.29) is 11.7 Å². The highest BCUT2D eigenvalue weighted by molar-refractivity contribution is 7.10. The van der Waals surface area contributed by atoms with E-state index in [1.807, 2.05) is 17.5 Å². The van der Waals surface area contributed by atoms with Crippen molar-refractivity contribution in [3.8, 4) is 0 Å². The van der Waals surface area contributed by atoms with Gasteiger partial charge in [-0.25, -0.2) is 4.39 Å². The Kier molecular flexibility index (Phi) is 7.57. The van der Waals surface area contributed by atoms with Crippen LogP contribution in [0.5, 0.6) is 0 Å². The molecule has 3 rings (SSSR count). The van der Waals surface area contributed by atoms with Crippen LogP contribution in [0.15, 0.2) is 41.8 Å². The minimum atomic E-state index is -0.465. The van der Waals surface area contributed by atoms with Gasteiger partial charge in [-0.1, -0.05) is 25.1 Å². The zero-order valence-corrected chi connectivity index (χ0v) is 17.6. The maximum Gasteiger partial charge on any atom is 0.311 e. The molecule has 1 saturated heterocycles. The van der Waals surface area contributed by atoms with Gasteiger partial charge < -0.3 is 15.0 Å². The maximum atomic E-state index is 13.3. The van der Waals surface area contributed by atoms with E-state index < -0.39 is 30.4 Å². The molecule has 1 aromatic carbocycles. The molecule has 0 saturated carbocycles. The third-order valence-electron chi connectivity index (χ3n) is 5.09. The highest BCUT2D eigenvalue weighted by atomic mass is 32.1. The normalized spacial score (nSPS) is 17.3. The number of benzene rings is 1. The van der Waals surface area contributed by atoms with E-state index in [0.717, 1.165) is 16.9 Å². The largest absolute Gasteiger partial charge is 0.455 e. The zero-order valence-electron chi connectivity index (χ0n) is 16.8. The first-order chi connectivity index (χ1) is 14.5. The Balaban J connectivity index is 1.57. The van der Waals surface area contributed by atoms with Crippen LogP contribution >= 0.6 is 11.3 Å². The Morgan fingerprint density at radius 1 is 1.27 bits per heavy atom. The van der Waals surface area contributed by atoms with Crippen LogP contribution in [0.1, 0.15) is 42.7 Å². The molecule has 1 aliphatic heterocycles. The number of rotatable bonds is 7. The molecule has 30 heavy (non-hydrogen) atoms. The van der Waals surface area contributed by atoms with Crippen molar-refractivity contribution < 1.29 is 23.5 Å². The molecular formula is C22H25FN2O4S. The Labute approximate surface area is 179 Å². The number of esters is 1. The Hall–Kier alpha value is -2.74. The van der Waals surface area contributed by atoms with Crippen molar-refractivity contribution in [3.05, 3.63) is 58.0 Å². The number of likely N-dealkylation sites (tertiary alicyclic amines) is 1. The number of halogens is 1. The molecular weight excluding hydrogens is 407 g/mol. The molecule has 2 amide bonds. The molecule has 1 fully saturated rings. The average molecular weight is 433 g/mol. The fourth-order valence-electron chi connectivity index (χ4n) is 3.51. The number of thiophene rings is 1. The summed E-state index contributed by atoms with van der Waals surface area (Å²) in [5, 5.41) is 4.75. The van der Waals surface area contributed by atoms with E-state index in [2.05, 4.69) is 5.32 Å². The molecule has 0 radical (unpaired) electrons. The minimum Gasteiger partial charge on any atom is -0.455 e. The third kappa shape index (κ3) is 5.66. The molecule has 2 atom stereocenters. The smallest absolute Gasteiger partial charge is 0.311 e. The number of carbonyl (C=O) groups excluding carboxylic acids is 3. The summed E-state index contributed by atoms with van der Waals surface area (Å²) in [6.45, 7) is 2.37. The van der Waals surface area contributed by atoms with Crippen molar-refractivity contribution in [2.24, 2.45) is 5.92 Å². The maximum absolute atomic E-state index is 13.3. The summed E-state index contributed by atoms with van der Waals surface area (Å²) < 4.78 is 18.5. The molecule has 2 aromatic rings. The number of nitrogens with zero attached hydrogens (tertiary/aromatic N) is 1. The summed E-state index contributed by atoms with van der Waals surface area (Å²) in [5.41, 5.74) is 0.736. The summed E-state index contributed by atoms with van der Waals surface area (Å²) >= 11 is 1.47. The third-order valence-corrected chi connectivity index (χ3v) is 6.03. The second kappa shape index (κ2) is 10.3. The van der Waals surface area contributed by atoms with E-state index in [0.29, 0.717) is 25.9 Å². The Morgan fingerprint density at radius 3 is 2.70 bits per heavy atom. The fraction of sp³-hybridized carbons (Fsp3) is 0.409. The molecule has 2 heterocycles. The minimum absolute atomic E-state index is 0.0170. The van der Waals surface area contributed by atoms with Gasteiger partial charge in [0.15, 0.2) is 6.61 Å². The second-order valence-corrected chi connectivity index (χ2v) is 8.19. The van der Waals surface area contributed by atoms with Crippen molar-refractivity contribution in [1.29, 1.82) is 0 Å². The first kappa shape index (κ1) is 22.0. The summed E-state index contributed by atoms with van der Waals surface area (Å²) in [6, 6.07) is 9.22. The standard InChI is InChI=1S/C22H25FN2O4S/c1-2-20(27)25-11-3-5-16(13-25)22(28)29-14-19(26)24-21(18-6-4-12-30-18)15-7-9-17(23)10-8-15/h4,6-10,12,16,21H,2-3,5,11,13-14H2,1H3,(H,24,26). The lowest BCUT2D eigenvalue weighted by molar-refractivity contribution is -0.155. The highest BCUT2D eigenvalue weighted by Gasteiger charge is 2.29. The van der Waals surface area contributed by atoms with Gasteiger partial charge in [0.05, 0.1) is 12.0 Å². The van der Waals surface area contributed by atoms with Gasteiger partial charge in [0.25, 0.3) is 5.91 Å². The molecule has 6 nitrogen and oxygen atoms in total. The van der Waals surface area contributed by atoms with Crippen molar-refractivity contribution in [3.63, 3.8) is 0 Å². The molecule has 1 aromatic heterocycles. The summed E-state index contributed by atoms with van der Waals surface area (Å²) in [4.78, 5) is 39.3. The number of hydrogen-bond donors (Lipinski definition) is 1. The van der Waals surface area contributed by atoms with E-state index in [1.165, 1.54) is 23.5 Å². The van der Waals surface area contributed by atoms with Gasteiger partial charge in [0.1, 0.15) is 5.82 Å². The number of nitrogens with one attached hydrogen (secondary N) is 1. The summed E-state index contributed by atoms with van der Waals surface area (Å²) in [6.07, 6.45) is 1.78. The molecule has 0 spiro atoms. The van der Waals surface area contributed by atoms with Crippen molar-refractivity contribution >= 4 is 29.1 Å². The molecule has 160 valence electrons. The molecule has 2 unspecified atom stereocenters. The van der Waals surface area contributed by atoms with Gasteiger partial charge in [0.2, 0.25) is 5.91 Å². The van der Waals surface area contributed by atoms with Crippen molar-refractivity contribution in [1.82, 2.24) is 10.2 Å². The fourth-order valence-corrected chi connectivity index (χ4v) is 4.31. The average Bonchev–Trinajstić information content (AvgIpc) is 3.30. The lowest BCUT2D eigenvalue weighted by Crippen LogP contribution is -2.43. The molecule has 1 N–H and O–H groups in total. The molecule has 8 heteroatoms. The van der Waals surface area contributed by atoms with Crippen LogP contribution in [0.2, 0.25) is 0 Å². The van der Waals surface area contributed by atoms with E-state index in [4.69, 9.17) is 4.74 Å². The van der Waals surface area contributed by atoms with Gasteiger partial charge in [-0.15, -0.1) is 11.3 Å². The predicted molar refractivity (Wildman–Crippen MR) is 111 cm³/mol. The first-order valence-corrected chi connectivity index (χ1v) is 10.9. The number of piperidine rings is 1. The van der Waals surface area contributed by atoms with Gasteiger partial charge in [-0.2, -0.15) is 0 Å². The summed E-state index contributed by atoms with van der Waals surface area (Å²) in [5.74, 6) is -1.65. The monoisotopic (exact) mass is 432 g/mol. The number of hydrogen-bond acceptors (Lipinski definition) is 5. The first-order valence-electron chi connectivity index (χ1n) is 10.0. The number of amides is 2. The van der Waals surface area contributed by atoms with Crippen LogP contribution in [0, 0.1) is 11.7 Å². The second-order valence-electron chi connectivity index (χ2n) is 7.21. The van der Waals surface area contributed by atoms with Crippen molar-refractivity contribution in [2.75, 3.05) is 19.7 Å². The van der Waals surface area contributed by atoms with Crippen LogP contribution in [-0.4, -0.2) is 42.4 Å². The van der Waals surface area contributed by atoms with Crippen LogP contribution in [0.4, 0.5) is 4.39 Å². The predicted octanol–water partition coefficient (Wildman–Crippen LogP) is 3.28. The number of carbonyl (C=O) groups is 3. The lowest BCUT2D eigenvalue weighted by atomic mass is 9.98. The van der Waals surface area contributed by atoms with Crippen molar-refractivity contribution in [2.45, 2.75) is 32.2 Å². The molecule has 0 bridgehead atoms. The van der Waals surface area contributed by atoms with E-state index in [1.54, 1.807) is 24.0 Å². The lowest BCUT2D eigenvalue weighted by Gasteiger charge is -2.31. The topological polar surface area (TPSA) is 75.7 Å². The molecule has 1 aliphatic rings. The van der Waals surface area contributed by atoms with Crippen LogP contribution in [0.3, 0.4) is 0 Å². The zero-order chi connectivity index (χ0) is 21.5. The van der Waals surface area contributed by atoms with Gasteiger partial charge >= 0.3 is 5.97 Å². The van der Waals surface area contributed by atoms with Crippen LogP contribution in [0.25, 0.3) is 0 Å².